The van der Waals surface area contributed by atoms with Crippen molar-refractivity contribution in [1.29, 1.82) is 0 Å². The van der Waals surface area contributed by atoms with Gasteiger partial charge in [0.05, 0.1) is 25.4 Å². The van der Waals surface area contributed by atoms with Crippen molar-refractivity contribution in [3.63, 3.8) is 0 Å². The smallest absolute Gasteiger partial charge is 0.305 e. The predicted molar refractivity (Wildman–Crippen MR) is 108 cm³/mol. The van der Waals surface area contributed by atoms with Crippen LogP contribution in [0.15, 0.2) is 0 Å². The molecule has 9 heteroatoms. The van der Waals surface area contributed by atoms with Crippen molar-refractivity contribution in [1.82, 2.24) is 4.90 Å². The lowest BCUT2D eigenvalue weighted by Gasteiger charge is -2.43. The molecule has 0 aromatic carbocycles. The van der Waals surface area contributed by atoms with Gasteiger partial charge in [0.1, 0.15) is 12.2 Å². The third-order valence-electron chi connectivity index (χ3n) is 5.38. The highest BCUT2D eigenvalue weighted by Gasteiger charge is 2.40. The van der Waals surface area contributed by atoms with E-state index in [1.54, 1.807) is 4.90 Å². The molecule has 0 amide bonds. The number of ether oxygens (including phenoxy) is 1. The van der Waals surface area contributed by atoms with E-state index in [-0.39, 0.29) is 25.7 Å². The zero-order chi connectivity index (χ0) is 19.9. The van der Waals surface area contributed by atoms with E-state index < -0.39 is 24.4 Å². The fraction of sp³-hybridized carbons (Fsp3) is 0.944. The van der Waals surface area contributed by atoms with Crippen molar-refractivity contribution in [2.45, 2.75) is 74.5 Å². The van der Waals surface area contributed by atoms with E-state index in [0.717, 1.165) is 19.3 Å². The molecule has 5 atom stereocenters. The van der Waals surface area contributed by atoms with Gasteiger partial charge < -0.3 is 25.2 Å². The second-order valence-electron chi connectivity index (χ2n) is 7.68. The summed E-state index contributed by atoms with van der Waals surface area (Å²) >= 11 is 0. The molecule has 2 fully saturated rings. The SMILES string of the molecule is C[C@@]1(CCCCC(=O)OCCCN2C[C@@H](O)C(O)[C@H](O)C2CO)CCSS1. The van der Waals surface area contributed by atoms with Crippen LogP contribution in [0.4, 0.5) is 0 Å². The summed E-state index contributed by atoms with van der Waals surface area (Å²) in [4.78, 5) is 13.6. The number of likely N-dealkylation sites (tertiary alicyclic amines) is 1. The van der Waals surface area contributed by atoms with Gasteiger partial charge in [0.25, 0.3) is 0 Å². The minimum Gasteiger partial charge on any atom is -0.466 e. The van der Waals surface area contributed by atoms with Crippen LogP contribution in [-0.2, 0) is 9.53 Å². The molecule has 0 aliphatic carbocycles. The Morgan fingerprint density at radius 1 is 1.22 bits per heavy atom. The highest BCUT2D eigenvalue weighted by Crippen LogP contribution is 2.49. The minimum absolute atomic E-state index is 0.173. The molecule has 0 aromatic heterocycles. The van der Waals surface area contributed by atoms with Crippen LogP contribution >= 0.6 is 21.6 Å². The Hall–Kier alpha value is -0.0300. The van der Waals surface area contributed by atoms with Crippen molar-refractivity contribution in [3.05, 3.63) is 0 Å². The van der Waals surface area contributed by atoms with E-state index >= 15 is 0 Å². The molecule has 7 nitrogen and oxygen atoms in total. The number of β-amino-alcohol motifs (C(OH)–C–C–N with tert-alkyl or cyclic N) is 1. The highest BCUT2D eigenvalue weighted by molar-refractivity contribution is 8.77. The van der Waals surface area contributed by atoms with Gasteiger partial charge in [-0.3, -0.25) is 9.69 Å². The number of esters is 1. The summed E-state index contributed by atoms with van der Waals surface area (Å²) in [6.07, 6.45) is 1.72. The van der Waals surface area contributed by atoms with E-state index in [0.29, 0.717) is 24.1 Å². The van der Waals surface area contributed by atoms with Crippen LogP contribution in [0.3, 0.4) is 0 Å². The molecule has 2 heterocycles. The number of nitrogens with zero attached hydrogens (tertiary/aromatic N) is 1. The summed E-state index contributed by atoms with van der Waals surface area (Å²) in [5.74, 6) is 1.02. The van der Waals surface area contributed by atoms with Crippen LogP contribution in [0.2, 0.25) is 0 Å². The van der Waals surface area contributed by atoms with Crippen LogP contribution in [0.1, 0.15) is 45.4 Å². The molecule has 4 N–H and O–H groups in total. The Labute approximate surface area is 169 Å². The molecule has 0 spiro atoms. The van der Waals surface area contributed by atoms with E-state index in [1.165, 1.54) is 12.2 Å². The average Bonchev–Trinajstić information content (AvgIpc) is 3.07. The van der Waals surface area contributed by atoms with Crippen LogP contribution < -0.4 is 0 Å². The third kappa shape index (κ3) is 7.06. The van der Waals surface area contributed by atoms with Gasteiger partial charge in [0.2, 0.25) is 0 Å². The van der Waals surface area contributed by atoms with E-state index in [9.17, 15) is 25.2 Å². The summed E-state index contributed by atoms with van der Waals surface area (Å²) in [6.45, 7) is 2.90. The maximum absolute atomic E-state index is 11.8. The zero-order valence-corrected chi connectivity index (χ0v) is 17.6. The van der Waals surface area contributed by atoms with Gasteiger partial charge in [0.15, 0.2) is 0 Å². The molecule has 158 valence electrons. The van der Waals surface area contributed by atoms with Gasteiger partial charge in [-0.05, 0) is 32.6 Å². The minimum atomic E-state index is -1.25. The molecule has 0 saturated carbocycles. The second-order valence-corrected chi connectivity index (χ2v) is 10.7. The zero-order valence-electron chi connectivity index (χ0n) is 16.0. The summed E-state index contributed by atoms with van der Waals surface area (Å²) in [7, 11) is 3.90. The number of aliphatic hydroxyl groups excluding tert-OH is 4. The normalized spacial score (nSPS) is 34.7. The molecule has 2 unspecified atom stereocenters. The Balaban J connectivity index is 1.56. The maximum atomic E-state index is 11.8. The van der Waals surface area contributed by atoms with Crippen molar-refractivity contribution < 1.29 is 30.0 Å². The molecular weight excluding hydrogens is 390 g/mol. The summed E-state index contributed by atoms with van der Waals surface area (Å²) in [5.41, 5.74) is 0. The van der Waals surface area contributed by atoms with Gasteiger partial charge in [0, 0.05) is 30.0 Å². The van der Waals surface area contributed by atoms with Gasteiger partial charge in [-0.25, -0.2) is 0 Å². The van der Waals surface area contributed by atoms with Crippen molar-refractivity contribution in [2.75, 3.05) is 32.1 Å². The molecule has 0 bridgehead atoms. The molecular formula is C18H33NO6S2. The molecule has 2 aliphatic heterocycles. The lowest BCUT2D eigenvalue weighted by Crippen LogP contribution is -2.62. The van der Waals surface area contributed by atoms with E-state index in [2.05, 4.69) is 6.92 Å². The summed E-state index contributed by atoms with van der Waals surface area (Å²) in [6, 6.07) is -0.618. The average molecular weight is 424 g/mol. The molecule has 0 radical (unpaired) electrons. The highest BCUT2D eigenvalue weighted by atomic mass is 33.1. The molecule has 2 aliphatic rings. The lowest BCUT2D eigenvalue weighted by molar-refractivity contribution is -0.149. The summed E-state index contributed by atoms with van der Waals surface area (Å²) in [5, 5.41) is 38.8. The quantitative estimate of drug-likeness (QED) is 0.230. The first-order valence-electron chi connectivity index (χ1n) is 9.72. The van der Waals surface area contributed by atoms with Gasteiger partial charge in [-0.2, -0.15) is 0 Å². The van der Waals surface area contributed by atoms with Crippen LogP contribution in [0, 0.1) is 0 Å². The van der Waals surface area contributed by atoms with Gasteiger partial charge >= 0.3 is 5.97 Å². The largest absolute Gasteiger partial charge is 0.466 e. The van der Waals surface area contributed by atoms with Crippen molar-refractivity contribution >= 4 is 27.6 Å². The number of carbonyl (C=O) groups excluding carboxylic acids is 1. The first-order chi connectivity index (χ1) is 12.9. The monoisotopic (exact) mass is 423 g/mol. The first-order valence-corrected chi connectivity index (χ1v) is 12.0. The molecule has 27 heavy (non-hydrogen) atoms. The Bertz CT molecular complexity index is 463. The Morgan fingerprint density at radius 3 is 2.67 bits per heavy atom. The first kappa shape index (κ1) is 23.3. The number of carbonyl (C=O) groups is 1. The maximum Gasteiger partial charge on any atom is 0.305 e. The van der Waals surface area contributed by atoms with E-state index in [4.69, 9.17) is 4.74 Å². The number of rotatable bonds is 10. The van der Waals surface area contributed by atoms with Gasteiger partial charge in [-0.1, -0.05) is 28.0 Å². The second kappa shape index (κ2) is 11.2. The Kier molecular flexibility index (Phi) is 9.67. The van der Waals surface area contributed by atoms with Crippen LogP contribution in [-0.4, -0.2) is 92.5 Å². The Morgan fingerprint density at radius 2 is 2.00 bits per heavy atom. The summed E-state index contributed by atoms with van der Waals surface area (Å²) < 4.78 is 5.62. The number of hydrogen-bond acceptors (Lipinski definition) is 9. The predicted octanol–water partition coefficient (Wildman–Crippen LogP) is 0.783. The fourth-order valence-electron chi connectivity index (χ4n) is 3.58. The standard InChI is InChI=1S/C18H33NO6S2/c1-18(7-10-26-27-18)6-3-2-5-15(22)25-9-4-8-19-11-14(21)17(24)16(23)13(19)12-20/h13-14,16-17,20-21,23-24H,2-12H2,1H3/t13?,14-,16-,17?,18-/m1/s1. The van der Waals surface area contributed by atoms with Crippen LogP contribution in [0.25, 0.3) is 0 Å². The van der Waals surface area contributed by atoms with Gasteiger partial charge in [-0.15, -0.1) is 0 Å². The lowest BCUT2D eigenvalue weighted by atomic mass is 9.94. The molecule has 2 rings (SSSR count). The van der Waals surface area contributed by atoms with Crippen molar-refractivity contribution in [2.24, 2.45) is 0 Å². The third-order valence-corrected chi connectivity index (χ3v) is 8.74. The van der Waals surface area contributed by atoms with E-state index in [1.807, 2.05) is 21.6 Å². The number of piperidine rings is 1. The fourth-order valence-corrected chi connectivity index (χ4v) is 6.88. The number of hydrogen-bond donors (Lipinski definition) is 4. The number of aliphatic hydroxyl groups is 4. The van der Waals surface area contributed by atoms with Crippen LogP contribution in [0.5, 0.6) is 0 Å². The number of unbranched alkanes of at least 4 members (excludes halogenated alkanes) is 1. The van der Waals surface area contributed by atoms with Crippen molar-refractivity contribution in [3.8, 4) is 0 Å². The molecule has 0 aromatic rings. The topological polar surface area (TPSA) is 110 Å². The molecule has 2 saturated heterocycles.